The number of nitrogens with zero attached hydrogens (tertiary/aromatic N) is 2. The second-order valence-electron chi connectivity index (χ2n) is 6.34. The summed E-state index contributed by atoms with van der Waals surface area (Å²) in [4.78, 5) is 6.99. The van der Waals surface area contributed by atoms with Crippen LogP contribution in [0.25, 0.3) is 0 Å². The molecule has 0 fully saturated rings. The van der Waals surface area contributed by atoms with Crippen molar-refractivity contribution in [3.63, 3.8) is 0 Å². The molecule has 0 saturated heterocycles. The first-order valence-electron chi connectivity index (χ1n) is 7.15. The van der Waals surface area contributed by atoms with Gasteiger partial charge >= 0.3 is 0 Å². The predicted octanol–water partition coefficient (Wildman–Crippen LogP) is 3.75. The SMILES string of the molecule is CNCc1cc(Br)cnc1N1CC=C(C(C)(C)C)CC1. The summed E-state index contributed by atoms with van der Waals surface area (Å²) in [5.41, 5.74) is 3.09. The molecule has 1 aliphatic rings. The Kier molecular flexibility index (Phi) is 4.86. The largest absolute Gasteiger partial charge is 0.352 e. The van der Waals surface area contributed by atoms with E-state index in [9.17, 15) is 0 Å². The summed E-state index contributed by atoms with van der Waals surface area (Å²) in [6, 6.07) is 2.15. The lowest BCUT2D eigenvalue weighted by Gasteiger charge is -2.33. The molecular weight excluding hydrogens is 314 g/mol. The maximum atomic E-state index is 4.62. The molecule has 0 amide bonds. The molecule has 0 spiro atoms. The van der Waals surface area contributed by atoms with Gasteiger partial charge in [0.05, 0.1) is 0 Å². The van der Waals surface area contributed by atoms with Crippen molar-refractivity contribution in [3.8, 4) is 0 Å². The van der Waals surface area contributed by atoms with Crippen LogP contribution in [0.1, 0.15) is 32.8 Å². The molecule has 0 saturated carbocycles. The lowest BCUT2D eigenvalue weighted by molar-refractivity contribution is 0.472. The first kappa shape index (κ1) is 15.5. The Morgan fingerprint density at radius 1 is 1.40 bits per heavy atom. The third-order valence-electron chi connectivity index (χ3n) is 3.75. The standard InChI is InChI=1S/C16H24BrN3/c1-16(2,3)13-5-7-20(8-6-13)15-12(10-18-4)9-14(17)11-19-15/h5,9,11,18H,6-8,10H2,1-4H3. The van der Waals surface area contributed by atoms with Gasteiger partial charge in [-0.25, -0.2) is 4.98 Å². The minimum absolute atomic E-state index is 0.285. The normalized spacial score (nSPS) is 16.2. The highest BCUT2D eigenvalue weighted by Crippen LogP contribution is 2.32. The van der Waals surface area contributed by atoms with Crippen molar-refractivity contribution in [1.82, 2.24) is 10.3 Å². The van der Waals surface area contributed by atoms with Crippen molar-refractivity contribution < 1.29 is 0 Å². The molecular formula is C16H24BrN3. The van der Waals surface area contributed by atoms with Gasteiger partial charge in [0.2, 0.25) is 0 Å². The molecule has 1 aromatic rings. The number of anilines is 1. The number of pyridine rings is 1. The fourth-order valence-corrected chi connectivity index (χ4v) is 3.00. The smallest absolute Gasteiger partial charge is 0.133 e. The van der Waals surface area contributed by atoms with Gasteiger partial charge in [0.1, 0.15) is 5.82 Å². The monoisotopic (exact) mass is 337 g/mol. The van der Waals surface area contributed by atoms with Crippen LogP contribution < -0.4 is 10.2 Å². The molecule has 4 heteroatoms. The van der Waals surface area contributed by atoms with E-state index in [1.54, 1.807) is 5.57 Å². The number of hydrogen-bond acceptors (Lipinski definition) is 3. The van der Waals surface area contributed by atoms with Gasteiger partial charge in [-0.05, 0) is 40.9 Å². The molecule has 0 radical (unpaired) electrons. The number of nitrogens with one attached hydrogen (secondary N) is 1. The van der Waals surface area contributed by atoms with Gasteiger partial charge in [0.25, 0.3) is 0 Å². The lowest BCUT2D eigenvalue weighted by Crippen LogP contribution is -2.33. The van der Waals surface area contributed by atoms with Crippen molar-refractivity contribution in [2.24, 2.45) is 5.41 Å². The second kappa shape index (κ2) is 6.27. The molecule has 0 unspecified atom stereocenters. The van der Waals surface area contributed by atoms with E-state index in [-0.39, 0.29) is 5.41 Å². The van der Waals surface area contributed by atoms with E-state index in [1.165, 1.54) is 5.56 Å². The highest BCUT2D eigenvalue weighted by atomic mass is 79.9. The number of rotatable bonds is 3. The van der Waals surface area contributed by atoms with Crippen molar-refractivity contribution in [1.29, 1.82) is 0 Å². The summed E-state index contributed by atoms with van der Waals surface area (Å²) in [6.07, 6.45) is 5.38. The zero-order valence-corrected chi connectivity index (χ0v) is 14.4. The van der Waals surface area contributed by atoms with Crippen LogP contribution in [0, 0.1) is 5.41 Å². The van der Waals surface area contributed by atoms with E-state index in [0.29, 0.717) is 0 Å². The van der Waals surface area contributed by atoms with Crippen LogP contribution in [-0.2, 0) is 6.54 Å². The van der Waals surface area contributed by atoms with Gasteiger partial charge in [0.15, 0.2) is 0 Å². The molecule has 20 heavy (non-hydrogen) atoms. The van der Waals surface area contributed by atoms with E-state index >= 15 is 0 Å². The third-order valence-corrected chi connectivity index (χ3v) is 4.18. The van der Waals surface area contributed by atoms with Crippen LogP contribution >= 0.6 is 15.9 Å². The average Bonchev–Trinajstić information content (AvgIpc) is 2.38. The molecule has 0 aliphatic carbocycles. The Hall–Kier alpha value is -0.870. The summed E-state index contributed by atoms with van der Waals surface area (Å²) in [5, 5.41) is 3.22. The minimum atomic E-state index is 0.285. The van der Waals surface area contributed by atoms with E-state index in [2.05, 4.69) is 64.0 Å². The number of aromatic nitrogens is 1. The fraction of sp³-hybridized carbons (Fsp3) is 0.562. The summed E-state index contributed by atoms with van der Waals surface area (Å²) < 4.78 is 1.04. The highest BCUT2D eigenvalue weighted by molar-refractivity contribution is 9.10. The molecule has 0 aromatic carbocycles. The van der Waals surface area contributed by atoms with Crippen molar-refractivity contribution in [2.45, 2.75) is 33.7 Å². The maximum absolute atomic E-state index is 4.62. The lowest BCUT2D eigenvalue weighted by atomic mass is 9.83. The fourth-order valence-electron chi connectivity index (χ4n) is 2.62. The van der Waals surface area contributed by atoms with E-state index in [4.69, 9.17) is 0 Å². The van der Waals surface area contributed by atoms with Gasteiger partial charge < -0.3 is 10.2 Å². The van der Waals surface area contributed by atoms with Gasteiger partial charge in [-0.3, -0.25) is 0 Å². The summed E-state index contributed by atoms with van der Waals surface area (Å²) in [6.45, 7) is 9.72. The van der Waals surface area contributed by atoms with Crippen LogP contribution in [-0.4, -0.2) is 25.1 Å². The number of hydrogen-bond donors (Lipinski definition) is 1. The summed E-state index contributed by atoms with van der Waals surface area (Å²) in [7, 11) is 1.97. The Morgan fingerprint density at radius 2 is 2.15 bits per heavy atom. The van der Waals surface area contributed by atoms with Crippen LogP contribution in [0.2, 0.25) is 0 Å². The zero-order valence-electron chi connectivity index (χ0n) is 12.8. The summed E-state index contributed by atoms with van der Waals surface area (Å²) in [5.74, 6) is 1.10. The van der Waals surface area contributed by atoms with E-state index in [1.807, 2.05) is 13.2 Å². The van der Waals surface area contributed by atoms with Gasteiger partial charge in [0, 0.05) is 35.9 Å². The topological polar surface area (TPSA) is 28.2 Å². The van der Waals surface area contributed by atoms with Crippen LogP contribution in [0.4, 0.5) is 5.82 Å². The van der Waals surface area contributed by atoms with Crippen molar-refractivity contribution in [2.75, 3.05) is 25.0 Å². The highest BCUT2D eigenvalue weighted by Gasteiger charge is 2.22. The minimum Gasteiger partial charge on any atom is -0.352 e. The molecule has 2 heterocycles. The van der Waals surface area contributed by atoms with Gasteiger partial charge in [-0.1, -0.05) is 32.4 Å². The second-order valence-corrected chi connectivity index (χ2v) is 7.26. The van der Waals surface area contributed by atoms with Crippen LogP contribution in [0.5, 0.6) is 0 Å². The Balaban J connectivity index is 2.20. The third kappa shape index (κ3) is 3.61. The Labute approximate surface area is 130 Å². The number of halogens is 1. The zero-order chi connectivity index (χ0) is 14.8. The molecule has 110 valence electrons. The predicted molar refractivity (Wildman–Crippen MR) is 89.1 cm³/mol. The molecule has 0 bridgehead atoms. The van der Waals surface area contributed by atoms with E-state index in [0.717, 1.165) is 36.3 Å². The first-order valence-corrected chi connectivity index (χ1v) is 7.94. The average molecular weight is 338 g/mol. The Bertz CT molecular complexity index is 503. The molecule has 1 aromatic heterocycles. The molecule has 0 atom stereocenters. The molecule has 1 aliphatic heterocycles. The molecule has 1 N–H and O–H groups in total. The van der Waals surface area contributed by atoms with Crippen LogP contribution in [0.15, 0.2) is 28.4 Å². The van der Waals surface area contributed by atoms with Crippen LogP contribution in [0.3, 0.4) is 0 Å². The Morgan fingerprint density at radius 3 is 2.70 bits per heavy atom. The quantitative estimate of drug-likeness (QED) is 0.851. The first-order chi connectivity index (χ1) is 9.41. The van der Waals surface area contributed by atoms with Crippen molar-refractivity contribution >= 4 is 21.7 Å². The van der Waals surface area contributed by atoms with E-state index < -0.39 is 0 Å². The molecule has 3 nitrogen and oxygen atoms in total. The van der Waals surface area contributed by atoms with Crippen molar-refractivity contribution in [3.05, 3.63) is 33.9 Å². The van der Waals surface area contributed by atoms with Gasteiger partial charge in [-0.2, -0.15) is 0 Å². The summed E-state index contributed by atoms with van der Waals surface area (Å²) >= 11 is 3.51. The van der Waals surface area contributed by atoms with Gasteiger partial charge in [-0.15, -0.1) is 0 Å². The molecule has 2 rings (SSSR count). The maximum Gasteiger partial charge on any atom is 0.133 e.